The Bertz CT molecular complexity index is 279. The van der Waals surface area contributed by atoms with Gasteiger partial charge in [0.1, 0.15) is 5.54 Å². The predicted octanol–water partition coefficient (Wildman–Crippen LogP) is -2.22. The molecule has 0 aromatic heterocycles. The summed E-state index contributed by atoms with van der Waals surface area (Å²) in [4.78, 5) is 0. The molecule has 0 bridgehead atoms. The summed E-state index contributed by atoms with van der Waals surface area (Å²) >= 11 is 0. The third-order valence-electron chi connectivity index (χ3n) is 1.94. The van der Waals surface area contributed by atoms with Gasteiger partial charge in [-0.25, -0.2) is 4.72 Å². The van der Waals surface area contributed by atoms with E-state index in [1.54, 1.807) is 0 Å². The van der Waals surface area contributed by atoms with Crippen LogP contribution in [0.3, 0.4) is 0 Å². The first-order chi connectivity index (χ1) is 7.31. The SMILES string of the molecule is CC(C)CNS(=O)(=O)NC(CO)(CO)CO. The molecule has 7 nitrogen and oxygen atoms in total. The zero-order valence-electron chi connectivity index (χ0n) is 9.47. The minimum Gasteiger partial charge on any atom is -0.394 e. The molecule has 0 aliphatic heterocycles. The summed E-state index contributed by atoms with van der Waals surface area (Å²) in [6.07, 6.45) is 0. The highest BCUT2D eigenvalue weighted by atomic mass is 32.2. The maximum absolute atomic E-state index is 11.5. The lowest BCUT2D eigenvalue weighted by atomic mass is 10.1. The van der Waals surface area contributed by atoms with Crippen molar-refractivity contribution in [3.05, 3.63) is 0 Å². The Morgan fingerprint density at radius 3 is 1.88 bits per heavy atom. The van der Waals surface area contributed by atoms with Crippen molar-refractivity contribution in [2.45, 2.75) is 19.4 Å². The van der Waals surface area contributed by atoms with E-state index in [0.717, 1.165) is 0 Å². The molecule has 0 fully saturated rings. The number of nitrogens with one attached hydrogen (secondary N) is 2. The Hall–Kier alpha value is -0.250. The molecule has 8 heteroatoms. The van der Waals surface area contributed by atoms with Crippen molar-refractivity contribution in [2.24, 2.45) is 5.92 Å². The van der Waals surface area contributed by atoms with Gasteiger partial charge in [-0.05, 0) is 5.92 Å². The molecule has 0 aromatic carbocycles. The molecule has 0 saturated heterocycles. The van der Waals surface area contributed by atoms with E-state index in [-0.39, 0.29) is 12.5 Å². The van der Waals surface area contributed by atoms with Crippen LogP contribution in [0.4, 0.5) is 0 Å². The molecular formula is C8H20N2O5S. The summed E-state index contributed by atoms with van der Waals surface area (Å²) in [5.41, 5.74) is -1.64. The highest BCUT2D eigenvalue weighted by Crippen LogP contribution is 2.03. The van der Waals surface area contributed by atoms with Crippen molar-refractivity contribution in [3.63, 3.8) is 0 Å². The number of aliphatic hydroxyl groups is 3. The Balaban J connectivity index is 4.54. The van der Waals surface area contributed by atoms with E-state index < -0.39 is 35.6 Å². The second kappa shape index (κ2) is 6.48. The fourth-order valence-electron chi connectivity index (χ4n) is 0.844. The van der Waals surface area contributed by atoms with Gasteiger partial charge < -0.3 is 15.3 Å². The second-order valence-corrected chi connectivity index (χ2v) is 5.60. The van der Waals surface area contributed by atoms with E-state index in [1.165, 1.54) is 0 Å². The first-order valence-electron chi connectivity index (χ1n) is 4.92. The van der Waals surface area contributed by atoms with Crippen LogP contribution in [0.25, 0.3) is 0 Å². The van der Waals surface area contributed by atoms with Crippen molar-refractivity contribution < 1.29 is 23.7 Å². The van der Waals surface area contributed by atoms with Gasteiger partial charge in [0, 0.05) is 6.54 Å². The molecule has 0 saturated carbocycles. The lowest BCUT2D eigenvalue weighted by Gasteiger charge is -2.28. The molecule has 0 aromatic rings. The van der Waals surface area contributed by atoms with Gasteiger partial charge in [-0.3, -0.25) is 0 Å². The number of aliphatic hydroxyl groups excluding tert-OH is 3. The van der Waals surface area contributed by atoms with E-state index in [0.29, 0.717) is 0 Å². The normalized spacial score (nSPS) is 13.4. The first kappa shape index (κ1) is 15.8. The Morgan fingerprint density at radius 1 is 1.12 bits per heavy atom. The van der Waals surface area contributed by atoms with Crippen molar-refractivity contribution in [1.82, 2.24) is 9.44 Å². The lowest BCUT2D eigenvalue weighted by molar-refractivity contribution is 0.0579. The second-order valence-electron chi connectivity index (χ2n) is 4.10. The van der Waals surface area contributed by atoms with Crippen LogP contribution < -0.4 is 9.44 Å². The van der Waals surface area contributed by atoms with E-state index >= 15 is 0 Å². The van der Waals surface area contributed by atoms with E-state index in [1.807, 2.05) is 18.6 Å². The molecule has 98 valence electrons. The molecule has 0 atom stereocenters. The van der Waals surface area contributed by atoms with Gasteiger partial charge in [-0.15, -0.1) is 0 Å². The van der Waals surface area contributed by atoms with Gasteiger partial charge in [-0.1, -0.05) is 13.8 Å². The summed E-state index contributed by atoms with van der Waals surface area (Å²) < 4.78 is 27.2. The van der Waals surface area contributed by atoms with Crippen molar-refractivity contribution >= 4 is 10.2 Å². The molecule has 0 unspecified atom stereocenters. The smallest absolute Gasteiger partial charge is 0.277 e. The zero-order chi connectivity index (χ0) is 12.8. The lowest BCUT2D eigenvalue weighted by Crippen LogP contribution is -2.59. The van der Waals surface area contributed by atoms with Gasteiger partial charge >= 0.3 is 0 Å². The van der Waals surface area contributed by atoms with Crippen LogP contribution in [0.5, 0.6) is 0 Å². The fraction of sp³-hybridized carbons (Fsp3) is 1.00. The summed E-state index contributed by atoms with van der Waals surface area (Å²) in [7, 11) is -3.85. The molecule has 0 aliphatic carbocycles. The van der Waals surface area contributed by atoms with Gasteiger partial charge in [0.05, 0.1) is 19.8 Å². The molecule has 0 amide bonds. The van der Waals surface area contributed by atoms with Crippen LogP contribution in [0.15, 0.2) is 0 Å². The van der Waals surface area contributed by atoms with Crippen molar-refractivity contribution in [3.8, 4) is 0 Å². The van der Waals surface area contributed by atoms with Crippen LogP contribution in [0, 0.1) is 5.92 Å². The van der Waals surface area contributed by atoms with Crippen LogP contribution in [-0.4, -0.2) is 55.6 Å². The average Bonchev–Trinajstić information content (AvgIpc) is 2.24. The summed E-state index contributed by atoms with van der Waals surface area (Å²) in [6, 6.07) is 0. The minimum atomic E-state index is -3.85. The summed E-state index contributed by atoms with van der Waals surface area (Å²) in [5, 5.41) is 26.8. The van der Waals surface area contributed by atoms with Gasteiger partial charge in [0.2, 0.25) is 0 Å². The number of hydrogen-bond donors (Lipinski definition) is 5. The Morgan fingerprint density at radius 2 is 1.56 bits per heavy atom. The van der Waals surface area contributed by atoms with Gasteiger partial charge in [-0.2, -0.15) is 13.1 Å². The average molecular weight is 256 g/mol. The van der Waals surface area contributed by atoms with Crippen LogP contribution in [-0.2, 0) is 10.2 Å². The molecule has 0 spiro atoms. The minimum absolute atomic E-state index is 0.128. The van der Waals surface area contributed by atoms with E-state index in [4.69, 9.17) is 15.3 Å². The largest absolute Gasteiger partial charge is 0.394 e. The quantitative estimate of drug-likeness (QED) is 0.337. The first-order valence-corrected chi connectivity index (χ1v) is 6.40. The summed E-state index contributed by atoms with van der Waals surface area (Å²) in [6.45, 7) is 1.82. The van der Waals surface area contributed by atoms with Crippen LogP contribution in [0.1, 0.15) is 13.8 Å². The van der Waals surface area contributed by atoms with Gasteiger partial charge in [0.25, 0.3) is 10.2 Å². The molecule has 5 N–H and O–H groups in total. The highest BCUT2D eigenvalue weighted by molar-refractivity contribution is 7.87. The highest BCUT2D eigenvalue weighted by Gasteiger charge is 2.32. The van der Waals surface area contributed by atoms with Crippen LogP contribution >= 0.6 is 0 Å². The predicted molar refractivity (Wildman–Crippen MR) is 58.9 cm³/mol. The third kappa shape index (κ3) is 5.19. The topological polar surface area (TPSA) is 119 Å². The fourth-order valence-corrected chi connectivity index (χ4v) is 2.23. The molecule has 0 heterocycles. The molecule has 16 heavy (non-hydrogen) atoms. The standard InChI is InChI=1S/C8H20N2O5S/c1-7(2)3-9-16(14,15)10-8(4-11,5-12)6-13/h7,9-13H,3-6H2,1-2H3. The Labute approximate surface area is 95.7 Å². The summed E-state index contributed by atoms with van der Waals surface area (Å²) in [5.74, 6) is 0.128. The zero-order valence-corrected chi connectivity index (χ0v) is 10.3. The number of rotatable bonds is 8. The van der Waals surface area contributed by atoms with E-state index in [2.05, 4.69) is 4.72 Å². The maximum atomic E-state index is 11.5. The maximum Gasteiger partial charge on any atom is 0.277 e. The van der Waals surface area contributed by atoms with Gasteiger partial charge in [0.15, 0.2) is 0 Å². The molecule has 0 aliphatic rings. The monoisotopic (exact) mass is 256 g/mol. The van der Waals surface area contributed by atoms with Crippen LogP contribution in [0.2, 0.25) is 0 Å². The Kier molecular flexibility index (Phi) is 6.38. The molecular weight excluding hydrogens is 236 g/mol. The number of hydrogen-bond acceptors (Lipinski definition) is 5. The van der Waals surface area contributed by atoms with Crippen molar-refractivity contribution in [1.29, 1.82) is 0 Å². The molecule has 0 rings (SSSR count). The third-order valence-corrected chi connectivity index (χ3v) is 3.19. The van der Waals surface area contributed by atoms with E-state index in [9.17, 15) is 8.42 Å². The van der Waals surface area contributed by atoms with Crippen molar-refractivity contribution in [2.75, 3.05) is 26.4 Å². The molecule has 0 radical (unpaired) electrons.